The number of carbonyl (C=O) groups excluding carboxylic acids is 1. The molecule has 0 aliphatic heterocycles. The minimum absolute atomic E-state index is 0.0170. The molecule has 0 bridgehead atoms. The Labute approximate surface area is 103 Å². The summed E-state index contributed by atoms with van der Waals surface area (Å²) in [6.45, 7) is 7.91. The Bertz CT molecular complexity index is 261. The standard InChI is InChI=1S/C11H23O5P/c1-5-14-11(15-6-2)17(13,16-7-3)9-8-10(4)12/h11H,5-9H2,1-4H3. The molecule has 6 heteroatoms. The minimum atomic E-state index is -3.08. The molecule has 0 N–H and O–H groups in total. The quantitative estimate of drug-likeness (QED) is 0.449. The zero-order valence-electron chi connectivity index (χ0n) is 11.1. The van der Waals surface area contributed by atoms with Gasteiger partial charge in [0.1, 0.15) is 5.78 Å². The summed E-state index contributed by atoms with van der Waals surface area (Å²) in [4.78, 5) is 11.0. The van der Waals surface area contributed by atoms with Crippen molar-refractivity contribution < 1.29 is 23.4 Å². The van der Waals surface area contributed by atoms with Crippen LogP contribution in [0.5, 0.6) is 0 Å². The van der Waals surface area contributed by atoms with Gasteiger partial charge >= 0.3 is 0 Å². The van der Waals surface area contributed by atoms with E-state index in [1.54, 1.807) is 20.8 Å². The molecule has 0 aliphatic rings. The number of carbonyl (C=O) groups is 1. The molecule has 0 aliphatic carbocycles. The van der Waals surface area contributed by atoms with E-state index in [4.69, 9.17) is 14.0 Å². The molecule has 5 nitrogen and oxygen atoms in total. The summed E-state index contributed by atoms with van der Waals surface area (Å²) < 4.78 is 28.5. The Morgan fingerprint density at radius 2 is 1.65 bits per heavy atom. The van der Waals surface area contributed by atoms with Crippen molar-refractivity contribution in [2.24, 2.45) is 0 Å². The minimum Gasteiger partial charge on any atom is -0.345 e. The Kier molecular flexibility index (Phi) is 8.70. The number of Topliss-reactive ketones (excluding diaryl/α,β-unsaturated/α-hetero) is 1. The van der Waals surface area contributed by atoms with Crippen molar-refractivity contribution in [1.82, 2.24) is 0 Å². The van der Waals surface area contributed by atoms with E-state index in [-0.39, 0.29) is 18.4 Å². The maximum atomic E-state index is 12.6. The molecule has 0 aromatic rings. The Balaban J connectivity index is 4.71. The molecule has 0 aromatic heterocycles. The van der Waals surface area contributed by atoms with Gasteiger partial charge in [0.05, 0.1) is 6.61 Å². The van der Waals surface area contributed by atoms with Crippen molar-refractivity contribution in [3.63, 3.8) is 0 Å². The van der Waals surface area contributed by atoms with E-state index >= 15 is 0 Å². The van der Waals surface area contributed by atoms with Crippen molar-refractivity contribution in [2.75, 3.05) is 26.0 Å². The summed E-state index contributed by atoms with van der Waals surface area (Å²) in [6.07, 6.45) is 0.384. The molecule has 0 aromatic carbocycles. The van der Waals surface area contributed by atoms with Gasteiger partial charge in [-0.25, -0.2) is 0 Å². The highest BCUT2D eigenvalue weighted by atomic mass is 31.2. The predicted molar refractivity (Wildman–Crippen MR) is 66.4 cm³/mol. The van der Waals surface area contributed by atoms with Gasteiger partial charge in [-0.05, 0) is 27.7 Å². The van der Waals surface area contributed by atoms with Crippen LogP contribution >= 0.6 is 7.37 Å². The van der Waals surface area contributed by atoms with Gasteiger partial charge < -0.3 is 18.8 Å². The van der Waals surface area contributed by atoms with Gasteiger partial charge in [0.15, 0.2) is 0 Å². The van der Waals surface area contributed by atoms with Crippen LogP contribution in [-0.4, -0.2) is 37.8 Å². The molecule has 1 unspecified atom stereocenters. The van der Waals surface area contributed by atoms with Gasteiger partial charge in [0.25, 0.3) is 7.37 Å². The van der Waals surface area contributed by atoms with Crippen LogP contribution in [0.15, 0.2) is 0 Å². The van der Waals surface area contributed by atoms with Gasteiger partial charge in [0, 0.05) is 25.8 Å². The SMILES string of the molecule is CCOC(OCC)P(=O)(CCC(C)=O)OCC. The number of ether oxygens (including phenoxy) is 2. The van der Waals surface area contributed by atoms with E-state index < -0.39 is 13.4 Å². The number of hydrogen-bond donors (Lipinski definition) is 0. The average molecular weight is 266 g/mol. The fourth-order valence-electron chi connectivity index (χ4n) is 1.32. The van der Waals surface area contributed by atoms with Crippen LogP contribution in [0.4, 0.5) is 0 Å². The van der Waals surface area contributed by atoms with Crippen LogP contribution in [0.2, 0.25) is 0 Å². The lowest BCUT2D eigenvalue weighted by molar-refractivity contribution is -0.116. The second-order valence-electron chi connectivity index (χ2n) is 3.54. The molecule has 1 atom stereocenters. The zero-order chi connectivity index (χ0) is 13.3. The summed E-state index contributed by atoms with van der Waals surface area (Å²) in [6, 6.07) is -0.864. The first kappa shape index (κ1) is 16.8. The topological polar surface area (TPSA) is 61.8 Å². The largest absolute Gasteiger partial charge is 0.345 e. The highest BCUT2D eigenvalue weighted by Crippen LogP contribution is 2.53. The first-order valence-electron chi connectivity index (χ1n) is 5.96. The molecule has 0 fully saturated rings. The summed E-state index contributed by atoms with van der Waals surface area (Å²) >= 11 is 0. The molecule has 102 valence electrons. The second kappa shape index (κ2) is 8.81. The smallest absolute Gasteiger partial charge is 0.258 e. The summed E-state index contributed by atoms with van der Waals surface area (Å²) in [5.74, 6) is -0.0170. The summed E-state index contributed by atoms with van der Waals surface area (Å²) in [5.41, 5.74) is 0. The molecule has 0 rings (SSSR count). The first-order chi connectivity index (χ1) is 8.00. The fraction of sp³-hybridized carbons (Fsp3) is 0.909. The van der Waals surface area contributed by atoms with Crippen LogP contribution < -0.4 is 0 Å². The Morgan fingerprint density at radius 3 is 2.00 bits per heavy atom. The second-order valence-corrected chi connectivity index (χ2v) is 6.12. The summed E-state index contributed by atoms with van der Waals surface area (Å²) in [5, 5.41) is 0. The lowest BCUT2D eigenvalue weighted by Gasteiger charge is -2.26. The Hall–Kier alpha value is -0.220. The normalized spacial score (nSPS) is 14.9. The van der Waals surface area contributed by atoms with Crippen LogP contribution in [0.1, 0.15) is 34.1 Å². The highest BCUT2D eigenvalue weighted by molar-refractivity contribution is 7.59. The van der Waals surface area contributed by atoms with Gasteiger partial charge in [-0.15, -0.1) is 0 Å². The first-order valence-corrected chi connectivity index (χ1v) is 7.84. The van der Waals surface area contributed by atoms with Crippen molar-refractivity contribution in [3.05, 3.63) is 0 Å². The maximum Gasteiger partial charge on any atom is 0.258 e. The number of ketones is 1. The third-order valence-corrected chi connectivity index (χ3v) is 4.55. The Morgan fingerprint density at radius 1 is 1.12 bits per heavy atom. The number of rotatable bonds is 10. The molecule has 0 spiro atoms. The van der Waals surface area contributed by atoms with Crippen molar-refractivity contribution in [3.8, 4) is 0 Å². The molecule has 0 radical (unpaired) electrons. The molecule has 0 heterocycles. The van der Waals surface area contributed by atoms with E-state index in [0.717, 1.165) is 0 Å². The van der Waals surface area contributed by atoms with E-state index in [0.29, 0.717) is 19.8 Å². The van der Waals surface area contributed by atoms with E-state index in [9.17, 15) is 9.36 Å². The van der Waals surface area contributed by atoms with Crippen LogP contribution in [0.25, 0.3) is 0 Å². The van der Waals surface area contributed by atoms with Crippen molar-refractivity contribution in [1.29, 1.82) is 0 Å². The predicted octanol–water partition coefficient (Wildman–Crippen LogP) is 2.64. The molecule has 0 amide bonds. The molecule has 17 heavy (non-hydrogen) atoms. The average Bonchev–Trinajstić information content (AvgIpc) is 2.26. The van der Waals surface area contributed by atoms with Crippen LogP contribution in [-0.2, 0) is 23.4 Å². The maximum absolute atomic E-state index is 12.6. The fourth-order valence-corrected chi connectivity index (χ4v) is 3.60. The molecular weight excluding hydrogens is 243 g/mol. The molecule has 0 saturated heterocycles. The van der Waals surface area contributed by atoms with Gasteiger partial charge in [0.2, 0.25) is 6.03 Å². The number of hydrogen-bond acceptors (Lipinski definition) is 5. The monoisotopic (exact) mass is 266 g/mol. The third kappa shape index (κ3) is 6.32. The third-order valence-electron chi connectivity index (χ3n) is 2.06. The van der Waals surface area contributed by atoms with Crippen molar-refractivity contribution in [2.45, 2.75) is 40.1 Å². The van der Waals surface area contributed by atoms with Crippen LogP contribution in [0, 0.1) is 0 Å². The highest BCUT2D eigenvalue weighted by Gasteiger charge is 2.35. The van der Waals surface area contributed by atoms with Gasteiger partial charge in [-0.1, -0.05) is 0 Å². The van der Waals surface area contributed by atoms with Gasteiger partial charge in [-0.2, -0.15) is 0 Å². The van der Waals surface area contributed by atoms with E-state index in [1.807, 2.05) is 0 Å². The lowest BCUT2D eigenvalue weighted by Crippen LogP contribution is -2.21. The van der Waals surface area contributed by atoms with Crippen molar-refractivity contribution >= 4 is 13.2 Å². The molecule has 0 saturated carbocycles. The van der Waals surface area contributed by atoms with Crippen LogP contribution in [0.3, 0.4) is 0 Å². The lowest BCUT2D eigenvalue weighted by atomic mass is 10.4. The zero-order valence-corrected chi connectivity index (χ0v) is 12.0. The van der Waals surface area contributed by atoms with E-state index in [2.05, 4.69) is 0 Å². The van der Waals surface area contributed by atoms with Gasteiger partial charge in [-0.3, -0.25) is 4.57 Å². The summed E-state index contributed by atoms with van der Waals surface area (Å²) in [7, 11) is -3.08. The van der Waals surface area contributed by atoms with E-state index in [1.165, 1.54) is 6.92 Å². The molecular formula is C11H23O5P.